The maximum absolute atomic E-state index is 13.0. The van der Waals surface area contributed by atoms with Gasteiger partial charge in [0.2, 0.25) is 0 Å². The van der Waals surface area contributed by atoms with Gasteiger partial charge in [0.25, 0.3) is 5.91 Å². The third-order valence-corrected chi connectivity index (χ3v) is 6.06. The number of piperidine rings is 1. The number of hydrogen-bond acceptors (Lipinski definition) is 6. The molecule has 0 spiro atoms. The number of carbonyl (C=O) groups is 2. The average molecular weight is 480 g/mol. The van der Waals surface area contributed by atoms with Crippen LogP contribution in [-0.4, -0.2) is 59.1 Å². The summed E-state index contributed by atoms with van der Waals surface area (Å²) in [6, 6.07) is 7.12. The largest absolute Gasteiger partial charge is 0.486 e. The molecule has 1 fully saturated rings. The molecule has 3 rings (SSSR count). The predicted molar refractivity (Wildman–Crippen MR) is 125 cm³/mol. The van der Waals surface area contributed by atoms with Crippen LogP contribution in [0.2, 0.25) is 5.02 Å². The Balaban J connectivity index is 1.52. The quantitative estimate of drug-likeness (QED) is 0.576. The molecule has 1 aromatic carbocycles. The molecule has 2 amide bonds. The van der Waals surface area contributed by atoms with E-state index in [0.717, 1.165) is 17.8 Å². The topological polar surface area (TPSA) is 72.0 Å². The first-order valence-electron chi connectivity index (χ1n) is 10.7. The Labute approximate surface area is 198 Å². The van der Waals surface area contributed by atoms with Crippen LogP contribution >= 0.6 is 22.9 Å². The summed E-state index contributed by atoms with van der Waals surface area (Å²) in [7, 11) is 1.74. The Morgan fingerprint density at radius 2 is 2.00 bits per heavy atom. The van der Waals surface area contributed by atoms with Gasteiger partial charge in [0, 0.05) is 37.1 Å². The van der Waals surface area contributed by atoms with Gasteiger partial charge in [-0.05, 0) is 63.8 Å². The van der Waals surface area contributed by atoms with Gasteiger partial charge in [-0.25, -0.2) is 9.78 Å². The maximum Gasteiger partial charge on any atom is 0.410 e. The molecule has 0 saturated carbocycles. The summed E-state index contributed by atoms with van der Waals surface area (Å²) in [5.41, 5.74) is -0.0923. The van der Waals surface area contributed by atoms with Gasteiger partial charge in [0.15, 0.2) is 0 Å². The number of amides is 2. The van der Waals surface area contributed by atoms with Crippen molar-refractivity contribution in [2.24, 2.45) is 5.92 Å². The van der Waals surface area contributed by atoms with Crippen LogP contribution in [-0.2, 0) is 11.3 Å². The van der Waals surface area contributed by atoms with Crippen LogP contribution in [0, 0.1) is 5.92 Å². The Bertz CT molecular complexity index is 926. The second-order valence-corrected chi connectivity index (χ2v) is 10.4. The molecule has 1 unspecified atom stereocenters. The molecule has 32 heavy (non-hydrogen) atoms. The smallest absolute Gasteiger partial charge is 0.410 e. The average Bonchev–Trinajstić information content (AvgIpc) is 3.21. The van der Waals surface area contributed by atoms with Crippen LogP contribution in [0.15, 0.2) is 29.6 Å². The van der Waals surface area contributed by atoms with E-state index in [2.05, 4.69) is 4.98 Å². The summed E-state index contributed by atoms with van der Waals surface area (Å²) < 4.78 is 11.1. The Morgan fingerprint density at radius 1 is 1.28 bits per heavy atom. The van der Waals surface area contributed by atoms with Crippen molar-refractivity contribution in [2.45, 2.75) is 45.8 Å². The van der Waals surface area contributed by atoms with Crippen molar-refractivity contribution in [2.75, 3.05) is 26.7 Å². The molecule has 1 atom stereocenters. The van der Waals surface area contributed by atoms with Gasteiger partial charge in [-0.1, -0.05) is 11.6 Å². The first-order chi connectivity index (χ1) is 15.1. The molecule has 7 nitrogen and oxygen atoms in total. The lowest BCUT2D eigenvalue weighted by Crippen LogP contribution is -2.45. The van der Waals surface area contributed by atoms with Crippen molar-refractivity contribution in [1.82, 2.24) is 14.8 Å². The number of halogens is 1. The lowest BCUT2D eigenvalue weighted by molar-refractivity contribution is 0.0244. The second kappa shape index (κ2) is 10.5. The highest BCUT2D eigenvalue weighted by Crippen LogP contribution is 2.22. The van der Waals surface area contributed by atoms with E-state index in [-0.39, 0.29) is 17.9 Å². The summed E-state index contributed by atoms with van der Waals surface area (Å²) >= 11 is 7.29. The standard InChI is InChI=1S/C23H30ClN3O4S/c1-23(2,3)31-22(29)26(4)12-16-6-5-11-27(13-16)21(28)19-15-32-20(25-19)14-30-18-9-7-17(24)8-10-18/h7-10,15-16H,5-6,11-14H2,1-4H3. The molecule has 174 valence electrons. The van der Waals surface area contributed by atoms with Gasteiger partial charge in [-0.3, -0.25) is 4.79 Å². The zero-order valence-corrected chi connectivity index (χ0v) is 20.5. The van der Waals surface area contributed by atoms with Crippen molar-refractivity contribution in [3.63, 3.8) is 0 Å². The van der Waals surface area contributed by atoms with E-state index in [0.29, 0.717) is 42.7 Å². The van der Waals surface area contributed by atoms with Crippen LogP contribution < -0.4 is 4.74 Å². The molecular weight excluding hydrogens is 450 g/mol. The molecule has 0 aliphatic carbocycles. The van der Waals surface area contributed by atoms with Gasteiger partial charge < -0.3 is 19.3 Å². The zero-order chi connectivity index (χ0) is 23.3. The molecule has 2 heterocycles. The Morgan fingerprint density at radius 3 is 2.69 bits per heavy atom. The molecule has 2 aromatic rings. The molecule has 0 N–H and O–H groups in total. The number of benzene rings is 1. The van der Waals surface area contributed by atoms with Gasteiger partial charge in [-0.15, -0.1) is 11.3 Å². The maximum atomic E-state index is 13.0. The van der Waals surface area contributed by atoms with E-state index in [4.69, 9.17) is 21.1 Å². The number of carbonyl (C=O) groups excluding carboxylic acids is 2. The first kappa shape index (κ1) is 24.3. The van der Waals surface area contributed by atoms with E-state index in [1.807, 2.05) is 25.7 Å². The number of hydrogen-bond donors (Lipinski definition) is 0. The van der Waals surface area contributed by atoms with Crippen molar-refractivity contribution in [1.29, 1.82) is 0 Å². The Hall–Kier alpha value is -2.32. The van der Waals surface area contributed by atoms with Crippen LogP contribution in [0.5, 0.6) is 5.75 Å². The number of aromatic nitrogens is 1. The van der Waals surface area contributed by atoms with E-state index in [1.54, 1.807) is 41.6 Å². The minimum atomic E-state index is -0.528. The minimum Gasteiger partial charge on any atom is -0.486 e. The van der Waals surface area contributed by atoms with Gasteiger partial charge in [-0.2, -0.15) is 0 Å². The lowest BCUT2D eigenvalue weighted by Gasteiger charge is -2.34. The van der Waals surface area contributed by atoms with E-state index < -0.39 is 5.60 Å². The molecule has 1 aliphatic heterocycles. The number of thiazole rings is 1. The number of ether oxygens (including phenoxy) is 2. The fraction of sp³-hybridized carbons (Fsp3) is 0.522. The van der Waals surface area contributed by atoms with E-state index >= 15 is 0 Å². The highest BCUT2D eigenvalue weighted by Gasteiger charge is 2.28. The van der Waals surface area contributed by atoms with Crippen LogP contribution in [0.25, 0.3) is 0 Å². The molecular formula is C23H30ClN3O4S. The number of likely N-dealkylation sites (tertiary alicyclic amines) is 1. The molecule has 9 heteroatoms. The van der Waals surface area contributed by atoms with E-state index in [9.17, 15) is 9.59 Å². The van der Waals surface area contributed by atoms with Crippen LogP contribution in [0.3, 0.4) is 0 Å². The van der Waals surface area contributed by atoms with Gasteiger partial charge in [0.1, 0.15) is 28.7 Å². The number of nitrogens with zero attached hydrogens (tertiary/aromatic N) is 3. The third kappa shape index (κ3) is 7.10. The predicted octanol–water partition coefficient (Wildman–Crippen LogP) is 5.09. The number of rotatable bonds is 6. The van der Waals surface area contributed by atoms with Gasteiger partial charge in [0.05, 0.1) is 0 Å². The highest BCUT2D eigenvalue weighted by atomic mass is 35.5. The van der Waals surface area contributed by atoms with Crippen LogP contribution in [0.4, 0.5) is 4.79 Å². The molecule has 1 saturated heterocycles. The summed E-state index contributed by atoms with van der Waals surface area (Å²) in [5, 5.41) is 3.16. The fourth-order valence-corrected chi connectivity index (χ4v) is 4.32. The second-order valence-electron chi connectivity index (χ2n) is 8.99. The van der Waals surface area contributed by atoms with E-state index in [1.165, 1.54) is 11.3 Å². The fourth-order valence-electron chi connectivity index (χ4n) is 3.51. The Kier molecular flexibility index (Phi) is 8.00. The van der Waals surface area contributed by atoms with Crippen molar-refractivity contribution >= 4 is 34.9 Å². The SMILES string of the molecule is CN(CC1CCCN(C(=O)c2csc(COc3ccc(Cl)cc3)n2)C1)C(=O)OC(C)(C)C. The first-order valence-corrected chi connectivity index (χ1v) is 11.9. The highest BCUT2D eigenvalue weighted by molar-refractivity contribution is 7.09. The normalized spacial score (nSPS) is 16.5. The third-order valence-electron chi connectivity index (χ3n) is 4.99. The summed E-state index contributed by atoms with van der Waals surface area (Å²) in [4.78, 5) is 33.1. The minimum absolute atomic E-state index is 0.0800. The van der Waals surface area contributed by atoms with Crippen molar-refractivity contribution in [3.05, 3.63) is 45.4 Å². The molecule has 1 aromatic heterocycles. The molecule has 0 radical (unpaired) electrons. The summed E-state index contributed by atoms with van der Waals surface area (Å²) in [5.74, 6) is 0.825. The zero-order valence-electron chi connectivity index (χ0n) is 19.0. The summed E-state index contributed by atoms with van der Waals surface area (Å²) in [6.07, 6.45) is 1.52. The van der Waals surface area contributed by atoms with Gasteiger partial charge >= 0.3 is 6.09 Å². The van der Waals surface area contributed by atoms with Crippen LogP contribution in [0.1, 0.15) is 49.1 Å². The van der Waals surface area contributed by atoms with Crippen molar-refractivity contribution < 1.29 is 19.1 Å². The molecule has 1 aliphatic rings. The van der Waals surface area contributed by atoms with Crippen molar-refractivity contribution in [3.8, 4) is 5.75 Å². The monoisotopic (exact) mass is 479 g/mol. The lowest BCUT2D eigenvalue weighted by atomic mass is 9.97. The summed E-state index contributed by atoms with van der Waals surface area (Å²) in [6.45, 7) is 7.69. The molecule has 0 bridgehead atoms.